The maximum atomic E-state index is 14.1. The second-order valence-corrected chi connectivity index (χ2v) is 6.80. The van der Waals surface area contributed by atoms with Crippen molar-refractivity contribution in [2.45, 2.75) is 18.9 Å². The highest BCUT2D eigenvalue weighted by Crippen LogP contribution is 2.31. The van der Waals surface area contributed by atoms with Crippen molar-refractivity contribution in [1.82, 2.24) is 4.57 Å². The number of carbonyl (C=O) groups excluding carboxylic acids is 1. The zero-order valence-corrected chi connectivity index (χ0v) is 14.9. The van der Waals surface area contributed by atoms with E-state index in [2.05, 4.69) is 21.2 Å². The van der Waals surface area contributed by atoms with Crippen molar-refractivity contribution >= 4 is 44.9 Å². The Bertz CT molecular complexity index is 880. The third-order valence-corrected chi connectivity index (χ3v) is 4.37. The predicted molar refractivity (Wildman–Crippen MR) is 92.5 cm³/mol. The van der Waals surface area contributed by atoms with Crippen molar-refractivity contribution in [2.24, 2.45) is 7.05 Å². The van der Waals surface area contributed by atoms with E-state index in [0.717, 1.165) is 12.8 Å². The Morgan fingerprint density at radius 1 is 1.46 bits per heavy atom. The van der Waals surface area contributed by atoms with Gasteiger partial charge >= 0.3 is 5.97 Å². The molecule has 0 aliphatic heterocycles. The minimum atomic E-state index is -0.602. The molecule has 3 rings (SSSR count). The van der Waals surface area contributed by atoms with Gasteiger partial charge in [-0.25, -0.2) is 9.18 Å². The van der Waals surface area contributed by atoms with E-state index in [4.69, 9.17) is 16.3 Å². The second-order valence-electron chi connectivity index (χ2n) is 5.50. The van der Waals surface area contributed by atoms with Crippen LogP contribution in [0.1, 0.15) is 23.2 Å². The van der Waals surface area contributed by atoms with Gasteiger partial charge in [0, 0.05) is 17.7 Å². The fourth-order valence-electron chi connectivity index (χ4n) is 2.10. The number of ether oxygens (including phenoxy) is 1. The summed E-state index contributed by atoms with van der Waals surface area (Å²) in [5.41, 5.74) is -0.295. The van der Waals surface area contributed by atoms with Crippen molar-refractivity contribution in [3.05, 3.63) is 55.6 Å². The lowest BCUT2D eigenvalue weighted by atomic mass is 10.2. The SMILES string of the molecule is Cn1cc(C(=O)OC2CC2)c(Nc2ccc(Br)cc2F)c(Cl)c1=O. The standard InChI is InChI=1S/C16H13BrClFN2O3/c1-21-7-10(16(23)24-9-3-4-9)14(13(18)15(21)22)20-12-5-2-8(17)6-11(12)19/h2,5-7,9,20H,3-4H2,1H3. The summed E-state index contributed by atoms with van der Waals surface area (Å²) in [7, 11) is 1.48. The van der Waals surface area contributed by atoms with Gasteiger partial charge in [-0.3, -0.25) is 4.79 Å². The molecule has 0 atom stereocenters. The molecule has 0 radical (unpaired) electrons. The largest absolute Gasteiger partial charge is 0.459 e. The molecule has 2 aromatic rings. The lowest BCUT2D eigenvalue weighted by Crippen LogP contribution is -2.22. The highest BCUT2D eigenvalue weighted by Gasteiger charge is 2.29. The van der Waals surface area contributed by atoms with E-state index in [1.165, 1.54) is 29.9 Å². The first-order valence-electron chi connectivity index (χ1n) is 7.19. The third kappa shape index (κ3) is 3.47. The fourth-order valence-corrected chi connectivity index (χ4v) is 2.72. The zero-order chi connectivity index (χ0) is 17.4. The van der Waals surface area contributed by atoms with E-state index in [-0.39, 0.29) is 28.1 Å². The summed E-state index contributed by atoms with van der Waals surface area (Å²) >= 11 is 9.27. The maximum absolute atomic E-state index is 14.1. The molecule has 0 amide bonds. The zero-order valence-electron chi connectivity index (χ0n) is 12.6. The summed E-state index contributed by atoms with van der Waals surface area (Å²) in [5, 5.41) is 2.53. The molecule has 0 bridgehead atoms. The lowest BCUT2D eigenvalue weighted by molar-refractivity contribution is 0.0472. The number of nitrogens with one attached hydrogen (secondary N) is 1. The van der Waals surface area contributed by atoms with Gasteiger partial charge in [0.15, 0.2) is 0 Å². The number of hydrogen-bond donors (Lipinski definition) is 1. The first-order valence-corrected chi connectivity index (χ1v) is 8.36. The Morgan fingerprint density at radius 3 is 2.79 bits per heavy atom. The number of nitrogens with zero attached hydrogens (tertiary/aromatic N) is 1. The van der Waals surface area contributed by atoms with Gasteiger partial charge in [0.25, 0.3) is 5.56 Å². The number of aromatic nitrogens is 1. The van der Waals surface area contributed by atoms with E-state index in [1.807, 2.05) is 0 Å². The van der Waals surface area contributed by atoms with Gasteiger partial charge in [-0.1, -0.05) is 27.5 Å². The molecular weight excluding hydrogens is 403 g/mol. The quantitative estimate of drug-likeness (QED) is 0.767. The number of anilines is 2. The molecule has 1 aromatic heterocycles. The monoisotopic (exact) mass is 414 g/mol. The van der Waals surface area contributed by atoms with Crippen LogP contribution in [0.4, 0.5) is 15.8 Å². The van der Waals surface area contributed by atoms with Crippen LogP contribution in [0.5, 0.6) is 0 Å². The second kappa shape index (κ2) is 6.57. The van der Waals surface area contributed by atoms with Crippen LogP contribution in [0.25, 0.3) is 0 Å². The highest BCUT2D eigenvalue weighted by molar-refractivity contribution is 9.10. The summed E-state index contributed by atoms with van der Waals surface area (Å²) in [6.07, 6.45) is 2.86. The van der Waals surface area contributed by atoms with Crippen LogP contribution in [-0.4, -0.2) is 16.6 Å². The molecule has 1 heterocycles. The fraction of sp³-hybridized carbons (Fsp3) is 0.250. The number of halogens is 3. The summed E-state index contributed by atoms with van der Waals surface area (Å²) < 4.78 is 21.1. The van der Waals surface area contributed by atoms with E-state index in [9.17, 15) is 14.0 Å². The van der Waals surface area contributed by atoms with Crippen LogP contribution in [0, 0.1) is 5.82 Å². The summed E-state index contributed by atoms with van der Waals surface area (Å²) in [5.74, 6) is -1.15. The Morgan fingerprint density at radius 2 is 2.17 bits per heavy atom. The molecule has 24 heavy (non-hydrogen) atoms. The molecule has 1 fully saturated rings. The topological polar surface area (TPSA) is 60.3 Å². The number of hydrogen-bond acceptors (Lipinski definition) is 4. The average Bonchev–Trinajstić information content (AvgIpc) is 3.33. The van der Waals surface area contributed by atoms with Gasteiger partial charge in [0.1, 0.15) is 22.5 Å². The lowest BCUT2D eigenvalue weighted by Gasteiger charge is -2.15. The van der Waals surface area contributed by atoms with Gasteiger partial charge in [0.2, 0.25) is 0 Å². The predicted octanol–water partition coefficient (Wildman–Crippen LogP) is 4.00. The van der Waals surface area contributed by atoms with E-state index in [1.54, 1.807) is 6.07 Å². The minimum Gasteiger partial charge on any atom is -0.459 e. The number of aryl methyl sites for hydroxylation is 1. The first kappa shape index (κ1) is 17.0. The Kier molecular flexibility index (Phi) is 4.64. The molecule has 1 aliphatic carbocycles. The molecular formula is C16H13BrClFN2O3. The summed E-state index contributed by atoms with van der Waals surface area (Å²) in [6, 6.07) is 4.37. The van der Waals surface area contributed by atoms with E-state index >= 15 is 0 Å². The highest BCUT2D eigenvalue weighted by atomic mass is 79.9. The van der Waals surface area contributed by atoms with Crippen LogP contribution >= 0.6 is 27.5 Å². The molecule has 0 saturated heterocycles. The molecule has 0 spiro atoms. The van der Waals surface area contributed by atoms with Crippen LogP contribution in [0.3, 0.4) is 0 Å². The average molecular weight is 416 g/mol. The van der Waals surface area contributed by atoms with E-state index < -0.39 is 17.3 Å². The smallest absolute Gasteiger partial charge is 0.342 e. The molecule has 5 nitrogen and oxygen atoms in total. The Hall–Kier alpha value is -1.86. The van der Waals surface area contributed by atoms with Crippen molar-refractivity contribution < 1.29 is 13.9 Å². The molecule has 1 aromatic carbocycles. The molecule has 1 N–H and O–H groups in total. The minimum absolute atomic E-state index is 0.0339. The molecule has 8 heteroatoms. The Labute approximate surface area is 150 Å². The van der Waals surface area contributed by atoms with Crippen molar-refractivity contribution in [3.63, 3.8) is 0 Å². The molecule has 1 saturated carbocycles. The van der Waals surface area contributed by atoms with Crippen LogP contribution in [-0.2, 0) is 11.8 Å². The van der Waals surface area contributed by atoms with Crippen LogP contribution in [0.2, 0.25) is 5.02 Å². The molecule has 0 unspecified atom stereocenters. The van der Waals surface area contributed by atoms with Gasteiger partial charge in [-0.15, -0.1) is 0 Å². The van der Waals surface area contributed by atoms with Gasteiger partial charge < -0.3 is 14.6 Å². The maximum Gasteiger partial charge on any atom is 0.342 e. The van der Waals surface area contributed by atoms with Gasteiger partial charge in [-0.05, 0) is 31.0 Å². The van der Waals surface area contributed by atoms with Crippen LogP contribution < -0.4 is 10.9 Å². The van der Waals surface area contributed by atoms with Gasteiger partial charge in [0.05, 0.1) is 11.4 Å². The number of benzene rings is 1. The number of esters is 1. The number of pyridine rings is 1. The molecule has 126 valence electrons. The van der Waals surface area contributed by atoms with Gasteiger partial charge in [-0.2, -0.15) is 0 Å². The van der Waals surface area contributed by atoms with Crippen molar-refractivity contribution in [1.29, 1.82) is 0 Å². The van der Waals surface area contributed by atoms with Crippen molar-refractivity contribution in [2.75, 3.05) is 5.32 Å². The van der Waals surface area contributed by atoms with Crippen LogP contribution in [0.15, 0.2) is 33.7 Å². The third-order valence-electron chi connectivity index (χ3n) is 3.53. The first-order chi connectivity index (χ1) is 11.4. The number of rotatable bonds is 4. The Balaban J connectivity index is 2.05. The van der Waals surface area contributed by atoms with E-state index in [0.29, 0.717) is 4.47 Å². The number of carbonyl (C=O) groups is 1. The summed E-state index contributed by atoms with van der Waals surface area (Å²) in [6.45, 7) is 0. The van der Waals surface area contributed by atoms with Crippen molar-refractivity contribution in [3.8, 4) is 0 Å². The summed E-state index contributed by atoms with van der Waals surface area (Å²) in [4.78, 5) is 24.4. The molecule has 1 aliphatic rings. The normalized spacial score (nSPS) is 13.7.